The summed E-state index contributed by atoms with van der Waals surface area (Å²) in [6.45, 7) is 1.84. The summed E-state index contributed by atoms with van der Waals surface area (Å²) in [6, 6.07) is 0. The van der Waals surface area contributed by atoms with E-state index >= 15 is 0 Å². The van der Waals surface area contributed by atoms with E-state index in [1.54, 1.807) is 10.8 Å². The molecule has 0 saturated carbocycles. The normalized spacial score (nSPS) is 9.64. The molecular weight excluding hydrogens is 141 g/mol. The third kappa shape index (κ3) is 1.83. The van der Waals surface area contributed by atoms with E-state index in [1.165, 1.54) is 0 Å². The smallest absolute Gasteiger partial charge is 0.201 e. The summed E-state index contributed by atoms with van der Waals surface area (Å²) in [5.41, 5.74) is 0. The minimum atomic E-state index is -0.594. The molecule has 2 radical (unpaired) electrons. The van der Waals surface area contributed by atoms with Crippen LogP contribution in [0, 0.1) is 6.92 Å². The van der Waals surface area contributed by atoms with E-state index in [4.69, 9.17) is 7.85 Å². The number of imidazole rings is 1. The Labute approximate surface area is 66.0 Å². The van der Waals surface area contributed by atoms with Crippen molar-refractivity contribution in [1.82, 2.24) is 9.55 Å². The number of amides is 1. The predicted octanol–water partition coefficient (Wildman–Crippen LogP) is 0.429. The zero-order valence-corrected chi connectivity index (χ0v) is 6.46. The van der Waals surface area contributed by atoms with Crippen LogP contribution in [0.1, 0.15) is 5.82 Å². The summed E-state index contributed by atoms with van der Waals surface area (Å²) in [5.74, 6) is 0.717. The molecule has 0 aromatic carbocycles. The minimum Gasteiger partial charge on any atom is -0.336 e. The minimum absolute atomic E-state index is 0.484. The first-order chi connectivity index (χ1) is 5.09. The fourth-order valence-corrected chi connectivity index (χ4v) is 0.745. The van der Waals surface area contributed by atoms with Crippen molar-refractivity contribution in [2.45, 2.75) is 6.92 Å². The lowest BCUT2D eigenvalue weighted by atomic mass is 10.1. The highest BCUT2D eigenvalue weighted by atomic mass is 16.1. The van der Waals surface area contributed by atoms with Crippen LogP contribution in [0.4, 0.5) is 10.6 Å². The molecule has 0 saturated heterocycles. The maximum atomic E-state index is 10.4. The van der Waals surface area contributed by atoms with Gasteiger partial charge in [0.05, 0.1) is 0 Å². The van der Waals surface area contributed by atoms with Crippen LogP contribution < -0.4 is 5.32 Å². The van der Waals surface area contributed by atoms with Gasteiger partial charge in [-0.15, -0.1) is 0 Å². The van der Waals surface area contributed by atoms with Crippen LogP contribution in [0.5, 0.6) is 0 Å². The summed E-state index contributed by atoms with van der Waals surface area (Å²) in [5, 5.41) is 2.37. The van der Waals surface area contributed by atoms with Crippen molar-refractivity contribution >= 4 is 19.5 Å². The highest BCUT2D eigenvalue weighted by Crippen LogP contribution is 2.04. The van der Waals surface area contributed by atoms with Crippen LogP contribution in [-0.4, -0.2) is 23.2 Å². The number of nitrogens with one attached hydrogen (secondary N) is 1. The third-order valence-corrected chi connectivity index (χ3v) is 1.36. The summed E-state index contributed by atoms with van der Waals surface area (Å²) in [6.07, 6.45) is 1.69. The number of carbonyl (C=O) groups excluding carboxylic acids is 1. The van der Waals surface area contributed by atoms with Crippen LogP contribution in [0.15, 0.2) is 6.20 Å². The van der Waals surface area contributed by atoms with Gasteiger partial charge in [0.2, 0.25) is 7.85 Å². The topological polar surface area (TPSA) is 46.9 Å². The van der Waals surface area contributed by atoms with Gasteiger partial charge < -0.3 is 9.88 Å². The molecule has 0 atom stereocenters. The van der Waals surface area contributed by atoms with Gasteiger partial charge in [-0.2, -0.15) is 0 Å². The zero-order valence-electron chi connectivity index (χ0n) is 6.46. The molecule has 1 aromatic rings. The lowest BCUT2D eigenvalue weighted by Crippen LogP contribution is -2.08. The van der Waals surface area contributed by atoms with Crippen LogP contribution in [-0.2, 0) is 7.05 Å². The summed E-state index contributed by atoms with van der Waals surface area (Å²) >= 11 is 0. The predicted molar refractivity (Wildman–Crippen MR) is 42.7 cm³/mol. The number of rotatable bonds is 1. The van der Waals surface area contributed by atoms with E-state index in [9.17, 15) is 4.79 Å². The van der Waals surface area contributed by atoms with Crippen LogP contribution in [0.25, 0.3) is 0 Å². The standard InChI is InChI=1S/C6H8BN3O/c1-4-8-5(3-10(4)2)9-6(7)11/h3H,1-2H3,(H,9,11). The largest absolute Gasteiger partial charge is 0.336 e. The molecule has 0 aliphatic heterocycles. The Kier molecular flexibility index (Phi) is 1.98. The molecule has 0 spiro atoms. The Bertz CT molecular complexity index is 262. The molecule has 0 aliphatic carbocycles. The van der Waals surface area contributed by atoms with Crippen molar-refractivity contribution in [3.63, 3.8) is 0 Å². The molecule has 1 aromatic heterocycles. The Morgan fingerprint density at radius 3 is 2.82 bits per heavy atom. The number of aryl methyl sites for hydroxylation is 2. The Balaban J connectivity index is 2.81. The van der Waals surface area contributed by atoms with Gasteiger partial charge in [0.1, 0.15) is 11.6 Å². The first-order valence-electron chi connectivity index (χ1n) is 3.16. The Morgan fingerprint density at radius 1 is 1.82 bits per heavy atom. The molecule has 1 amide bonds. The maximum Gasteiger partial charge on any atom is 0.201 e. The highest BCUT2D eigenvalue weighted by Gasteiger charge is 2.00. The SMILES string of the molecule is [B]C(=O)Nc1cn(C)c(C)n1. The second-order valence-electron chi connectivity index (χ2n) is 2.27. The number of anilines is 1. The average molecular weight is 149 g/mol. The lowest BCUT2D eigenvalue weighted by Gasteiger charge is -1.92. The van der Waals surface area contributed by atoms with Gasteiger partial charge in [0, 0.05) is 13.2 Å². The van der Waals surface area contributed by atoms with Crippen LogP contribution in [0.3, 0.4) is 0 Å². The maximum absolute atomic E-state index is 10.4. The first-order valence-corrected chi connectivity index (χ1v) is 3.16. The summed E-state index contributed by atoms with van der Waals surface area (Å²) in [7, 11) is 6.73. The van der Waals surface area contributed by atoms with E-state index in [2.05, 4.69) is 10.3 Å². The fraction of sp³-hybridized carbons (Fsp3) is 0.333. The number of hydrogen-bond donors (Lipinski definition) is 1. The Hall–Kier alpha value is -1.26. The van der Waals surface area contributed by atoms with Crippen molar-refractivity contribution in [1.29, 1.82) is 0 Å². The molecule has 11 heavy (non-hydrogen) atoms. The van der Waals surface area contributed by atoms with Gasteiger partial charge in [0.25, 0.3) is 0 Å². The van der Waals surface area contributed by atoms with Gasteiger partial charge in [-0.25, -0.2) is 4.98 Å². The highest BCUT2D eigenvalue weighted by molar-refractivity contribution is 6.60. The van der Waals surface area contributed by atoms with Crippen molar-refractivity contribution in [2.24, 2.45) is 7.05 Å². The third-order valence-electron chi connectivity index (χ3n) is 1.36. The van der Waals surface area contributed by atoms with Gasteiger partial charge in [0.15, 0.2) is 5.81 Å². The van der Waals surface area contributed by atoms with E-state index in [0.717, 1.165) is 5.82 Å². The van der Waals surface area contributed by atoms with Crippen LogP contribution in [0.2, 0.25) is 0 Å². The van der Waals surface area contributed by atoms with Crippen molar-refractivity contribution in [3.05, 3.63) is 12.0 Å². The Morgan fingerprint density at radius 2 is 2.45 bits per heavy atom. The van der Waals surface area contributed by atoms with E-state index in [-0.39, 0.29) is 0 Å². The van der Waals surface area contributed by atoms with E-state index < -0.39 is 5.81 Å². The molecule has 1 heterocycles. The lowest BCUT2D eigenvalue weighted by molar-refractivity contribution is 0.268. The second-order valence-corrected chi connectivity index (χ2v) is 2.27. The molecule has 4 nitrogen and oxygen atoms in total. The molecule has 1 rings (SSSR count). The van der Waals surface area contributed by atoms with Gasteiger partial charge >= 0.3 is 0 Å². The van der Waals surface area contributed by atoms with E-state index in [1.807, 2.05) is 14.0 Å². The summed E-state index contributed by atoms with van der Waals surface area (Å²) in [4.78, 5) is 14.4. The molecule has 56 valence electrons. The molecule has 0 unspecified atom stereocenters. The number of nitrogens with zero attached hydrogens (tertiary/aromatic N) is 2. The molecule has 5 heteroatoms. The molecule has 0 aliphatic rings. The second kappa shape index (κ2) is 2.78. The fourth-order valence-electron chi connectivity index (χ4n) is 0.745. The quantitative estimate of drug-likeness (QED) is 0.588. The average Bonchev–Trinajstić information content (AvgIpc) is 2.10. The van der Waals surface area contributed by atoms with Gasteiger partial charge in [-0.1, -0.05) is 0 Å². The van der Waals surface area contributed by atoms with E-state index in [0.29, 0.717) is 5.82 Å². The van der Waals surface area contributed by atoms with Crippen molar-refractivity contribution in [3.8, 4) is 0 Å². The zero-order chi connectivity index (χ0) is 8.43. The van der Waals surface area contributed by atoms with Crippen molar-refractivity contribution < 1.29 is 4.79 Å². The molecule has 1 N–H and O–H groups in total. The van der Waals surface area contributed by atoms with Gasteiger partial charge in [-0.3, -0.25) is 4.79 Å². The number of hydrogen-bond acceptors (Lipinski definition) is 2. The number of aromatic nitrogens is 2. The molecule has 0 bridgehead atoms. The van der Waals surface area contributed by atoms with Gasteiger partial charge in [-0.05, 0) is 6.92 Å². The number of carbonyl (C=O) groups is 1. The first kappa shape index (κ1) is 7.85. The monoisotopic (exact) mass is 149 g/mol. The van der Waals surface area contributed by atoms with Crippen LogP contribution >= 0.6 is 0 Å². The molecular formula is C6H8BN3O. The molecule has 0 fully saturated rings. The summed E-state index contributed by atoms with van der Waals surface area (Å²) < 4.78 is 1.80. The van der Waals surface area contributed by atoms with Crippen molar-refractivity contribution in [2.75, 3.05) is 5.32 Å².